The average Bonchev–Trinajstić information content (AvgIpc) is 2.65. The first-order valence-corrected chi connectivity index (χ1v) is 8.54. The zero-order valence-corrected chi connectivity index (χ0v) is 15.7. The molecule has 1 atom stereocenters. The van der Waals surface area contributed by atoms with Gasteiger partial charge in [0.05, 0.1) is 26.2 Å². The Kier molecular flexibility index (Phi) is 5.21. The number of aromatic amines is 2. The molecule has 2 aromatic heterocycles. The minimum absolute atomic E-state index is 0.0660. The van der Waals surface area contributed by atoms with E-state index in [2.05, 4.69) is 9.97 Å². The van der Waals surface area contributed by atoms with Crippen molar-refractivity contribution in [3.8, 4) is 11.5 Å². The Bertz CT molecular complexity index is 1160. The first-order valence-electron chi connectivity index (χ1n) is 8.54. The number of benzene rings is 1. The Morgan fingerprint density at radius 2 is 1.86 bits per heavy atom. The van der Waals surface area contributed by atoms with Crippen molar-refractivity contribution in [3.05, 3.63) is 67.9 Å². The Balaban J connectivity index is 2.26. The van der Waals surface area contributed by atoms with E-state index in [-0.39, 0.29) is 23.3 Å². The largest absolute Gasteiger partial charge is 0.507 e. The van der Waals surface area contributed by atoms with Crippen molar-refractivity contribution in [1.82, 2.24) is 9.97 Å². The van der Waals surface area contributed by atoms with Crippen LogP contribution in [0.5, 0.6) is 11.5 Å². The normalized spacial score (nSPS) is 12.0. The molecule has 146 valence electrons. The Labute approximate surface area is 159 Å². The van der Waals surface area contributed by atoms with E-state index in [0.29, 0.717) is 22.3 Å². The molecule has 0 bridgehead atoms. The van der Waals surface area contributed by atoms with E-state index in [1.165, 1.54) is 20.3 Å². The van der Waals surface area contributed by atoms with Crippen LogP contribution in [-0.2, 0) is 9.53 Å². The summed E-state index contributed by atoms with van der Waals surface area (Å²) in [5, 5.41) is 11.0. The van der Waals surface area contributed by atoms with Gasteiger partial charge in [-0.15, -0.1) is 0 Å². The van der Waals surface area contributed by atoms with Gasteiger partial charge >= 0.3 is 5.97 Å². The van der Waals surface area contributed by atoms with Crippen molar-refractivity contribution in [1.29, 1.82) is 0 Å². The maximum atomic E-state index is 12.7. The number of methoxy groups -OCH3 is 2. The summed E-state index contributed by atoms with van der Waals surface area (Å²) in [7, 11) is 2.74. The molecule has 0 aliphatic rings. The number of nitrogens with one attached hydrogen (secondary N) is 2. The number of pyridine rings is 2. The van der Waals surface area contributed by atoms with Crippen molar-refractivity contribution in [3.63, 3.8) is 0 Å². The van der Waals surface area contributed by atoms with Crippen molar-refractivity contribution >= 4 is 16.9 Å². The molecule has 2 heterocycles. The maximum absolute atomic E-state index is 12.7. The van der Waals surface area contributed by atoms with Crippen LogP contribution in [0.15, 0.2) is 39.9 Å². The van der Waals surface area contributed by atoms with E-state index < -0.39 is 23.0 Å². The highest BCUT2D eigenvalue weighted by Crippen LogP contribution is 2.31. The molecule has 0 unspecified atom stereocenters. The minimum atomic E-state index is -0.990. The van der Waals surface area contributed by atoms with E-state index in [1.54, 1.807) is 31.2 Å². The molecule has 8 nitrogen and oxygen atoms in total. The molecule has 0 aliphatic carbocycles. The minimum Gasteiger partial charge on any atom is -0.507 e. The van der Waals surface area contributed by atoms with E-state index in [4.69, 9.17) is 9.47 Å². The van der Waals surface area contributed by atoms with E-state index in [1.807, 2.05) is 0 Å². The predicted octanol–water partition coefficient (Wildman–Crippen LogP) is 1.93. The van der Waals surface area contributed by atoms with Crippen LogP contribution >= 0.6 is 0 Å². The third kappa shape index (κ3) is 3.62. The zero-order valence-electron chi connectivity index (χ0n) is 15.7. The number of aromatic hydroxyl groups is 1. The Morgan fingerprint density at radius 1 is 1.11 bits per heavy atom. The summed E-state index contributed by atoms with van der Waals surface area (Å²) in [6.45, 7) is 1.62. The maximum Gasteiger partial charge on any atom is 0.306 e. The molecular formula is C20H20N2O6. The molecule has 8 heteroatoms. The van der Waals surface area contributed by atoms with Gasteiger partial charge in [0.15, 0.2) is 0 Å². The second kappa shape index (κ2) is 7.59. The first-order chi connectivity index (χ1) is 13.3. The topological polar surface area (TPSA) is 121 Å². The third-order valence-electron chi connectivity index (χ3n) is 4.59. The van der Waals surface area contributed by atoms with Crippen molar-refractivity contribution < 1.29 is 19.4 Å². The number of carbonyl (C=O) groups is 1. The number of aryl methyl sites for hydroxylation is 1. The molecule has 3 N–H and O–H groups in total. The molecular weight excluding hydrogens is 364 g/mol. The monoisotopic (exact) mass is 384 g/mol. The van der Waals surface area contributed by atoms with Crippen LogP contribution < -0.4 is 15.9 Å². The zero-order chi connectivity index (χ0) is 20.4. The molecule has 0 spiro atoms. The molecule has 0 saturated heterocycles. The quantitative estimate of drug-likeness (QED) is 0.578. The van der Waals surface area contributed by atoms with E-state index in [0.717, 1.165) is 0 Å². The summed E-state index contributed by atoms with van der Waals surface area (Å²) in [5.41, 5.74) is 0.0932. The highest BCUT2D eigenvalue weighted by atomic mass is 16.5. The molecule has 28 heavy (non-hydrogen) atoms. The number of rotatable bonds is 5. The molecule has 0 saturated carbocycles. The lowest BCUT2D eigenvalue weighted by molar-refractivity contribution is -0.140. The van der Waals surface area contributed by atoms with Gasteiger partial charge in [0.2, 0.25) is 0 Å². The number of fused-ring (bicyclic) bond motifs is 1. The lowest BCUT2D eigenvalue weighted by atomic mass is 9.88. The first kappa shape index (κ1) is 19.2. The van der Waals surface area contributed by atoms with Crippen LogP contribution in [0.1, 0.15) is 29.2 Å². The van der Waals surface area contributed by atoms with Crippen molar-refractivity contribution in [2.45, 2.75) is 19.3 Å². The Hall–Kier alpha value is -3.55. The van der Waals surface area contributed by atoms with Crippen LogP contribution in [0.25, 0.3) is 10.9 Å². The van der Waals surface area contributed by atoms with Gasteiger partial charge in [0.1, 0.15) is 11.5 Å². The standard InChI is InChI=1S/C20H20N2O6/c1-10-6-16(23)18(20(26)21-10)13(9-17(24)28-3)14-8-11-7-12(27-2)4-5-15(11)22-19(14)25/h4-8,13H,9H2,1-3H3,(H,22,25)(H2,21,23,26)/t13-/m1/s1. The molecule has 0 amide bonds. The number of esters is 1. The summed E-state index contributed by atoms with van der Waals surface area (Å²) in [4.78, 5) is 42.6. The number of aromatic nitrogens is 2. The van der Waals surface area contributed by atoms with Crippen molar-refractivity contribution in [2.24, 2.45) is 0 Å². The predicted molar refractivity (Wildman–Crippen MR) is 103 cm³/mol. The fraction of sp³-hybridized carbons (Fsp3) is 0.250. The summed E-state index contributed by atoms with van der Waals surface area (Å²) in [6, 6.07) is 8.09. The second-order valence-corrected chi connectivity index (χ2v) is 6.42. The molecule has 0 aliphatic heterocycles. The smallest absolute Gasteiger partial charge is 0.306 e. The van der Waals surface area contributed by atoms with Crippen LogP contribution in [-0.4, -0.2) is 35.3 Å². The van der Waals surface area contributed by atoms with Crippen LogP contribution in [0.4, 0.5) is 0 Å². The number of hydrogen-bond acceptors (Lipinski definition) is 6. The molecule has 1 aromatic carbocycles. The van der Waals surface area contributed by atoms with Crippen LogP contribution in [0.3, 0.4) is 0 Å². The number of carbonyl (C=O) groups excluding carboxylic acids is 1. The molecule has 3 aromatic rings. The number of ether oxygens (including phenoxy) is 2. The summed E-state index contributed by atoms with van der Waals surface area (Å²) in [5.74, 6) is -1.31. The SMILES string of the molecule is COC(=O)C[C@H](c1cc2cc(OC)ccc2[nH]c1=O)c1c(O)cc(C)[nH]c1=O. The van der Waals surface area contributed by atoms with Gasteiger partial charge < -0.3 is 24.5 Å². The fourth-order valence-corrected chi connectivity index (χ4v) is 3.22. The summed E-state index contributed by atoms with van der Waals surface area (Å²) in [6.07, 6.45) is -0.283. The van der Waals surface area contributed by atoms with E-state index in [9.17, 15) is 19.5 Å². The fourth-order valence-electron chi connectivity index (χ4n) is 3.22. The van der Waals surface area contributed by atoms with Gasteiger partial charge in [0.25, 0.3) is 11.1 Å². The Morgan fingerprint density at radius 3 is 2.50 bits per heavy atom. The van der Waals surface area contributed by atoms with Crippen LogP contribution in [0, 0.1) is 6.92 Å². The molecule has 3 rings (SSSR count). The van der Waals surface area contributed by atoms with Gasteiger partial charge in [-0.1, -0.05) is 0 Å². The number of H-pyrrole nitrogens is 2. The third-order valence-corrected chi connectivity index (χ3v) is 4.59. The highest BCUT2D eigenvalue weighted by molar-refractivity contribution is 5.81. The second-order valence-electron chi connectivity index (χ2n) is 6.42. The van der Waals surface area contributed by atoms with Gasteiger partial charge in [0, 0.05) is 28.1 Å². The lowest BCUT2D eigenvalue weighted by Gasteiger charge is -2.17. The molecule has 0 radical (unpaired) electrons. The number of hydrogen-bond donors (Lipinski definition) is 3. The van der Waals surface area contributed by atoms with Gasteiger partial charge in [-0.05, 0) is 37.3 Å². The van der Waals surface area contributed by atoms with Crippen LogP contribution in [0.2, 0.25) is 0 Å². The van der Waals surface area contributed by atoms with Gasteiger partial charge in [-0.25, -0.2) is 0 Å². The molecule has 0 fully saturated rings. The van der Waals surface area contributed by atoms with Gasteiger partial charge in [-0.3, -0.25) is 14.4 Å². The lowest BCUT2D eigenvalue weighted by Crippen LogP contribution is -2.25. The summed E-state index contributed by atoms with van der Waals surface area (Å²) >= 11 is 0. The summed E-state index contributed by atoms with van der Waals surface area (Å²) < 4.78 is 9.94. The average molecular weight is 384 g/mol. The van der Waals surface area contributed by atoms with Gasteiger partial charge in [-0.2, -0.15) is 0 Å². The highest BCUT2D eigenvalue weighted by Gasteiger charge is 2.27. The van der Waals surface area contributed by atoms with E-state index >= 15 is 0 Å². The van der Waals surface area contributed by atoms with Crippen molar-refractivity contribution in [2.75, 3.05) is 14.2 Å².